The molecule has 3 N–H and O–H groups in total. The number of nitrogen functional groups attached to an aromatic ring is 1. The summed E-state index contributed by atoms with van der Waals surface area (Å²) in [4.78, 5) is 16.4. The quantitative estimate of drug-likeness (QED) is 0.387. The minimum atomic E-state index is -4.83. The van der Waals surface area contributed by atoms with Gasteiger partial charge >= 0.3 is 6.18 Å². The van der Waals surface area contributed by atoms with Crippen molar-refractivity contribution in [1.82, 2.24) is 9.38 Å². The molecule has 1 aliphatic carbocycles. The average Bonchev–Trinajstić information content (AvgIpc) is 3.15. The van der Waals surface area contributed by atoms with Gasteiger partial charge in [-0.15, -0.1) is 0 Å². The van der Waals surface area contributed by atoms with Crippen molar-refractivity contribution < 1.29 is 26.7 Å². The monoisotopic (exact) mass is 477 g/mol. The van der Waals surface area contributed by atoms with Gasteiger partial charge in [0.25, 0.3) is 5.91 Å². The van der Waals surface area contributed by atoms with Gasteiger partial charge < -0.3 is 11.1 Å². The number of hydrogen-bond donors (Lipinski definition) is 2. The van der Waals surface area contributed by atoms with E-state index in [1.165, 1.54) is 6.07 Å². The number of pyridine rings is 1. The summed E-state index contributed by atoms with van der Waals surface area (Å²) in [6.45, 7) is 0. The number of nitrogens with one attached hydrogen (secondary N) is 1. The van der Waals surface area contributed by atoms with Crippen molar-refractivity contribution in [2.24, 2.45) is 5.92 Å². The number of benzene rings is 1. The van der Waals surface area contributed by atoms with Gasteiger partial charge in [-0.2, -0.15) is 18.4 Å². The largest absolute Gasteiger partial charge is 0.435 e. The summed E-state index contributed by atoms with van der Waals surface area (Å²) in [6.07, 6.45) is -5.64. The second-order valence-electron chi connectivity index (χ2n) is 8.38. The summed E-state index contributed by atoms with van der Waals surface area (Å²) in [5, 5.41) is 12.2. The lowest BCUT2D eigenvalue weighted by molar-refractivity contribution is -0.141. The molecule has 6 nitrogen and oxygen atoms in total. The Labute approximate surface area is 191 Å². The van der Waals surface area contributed by atoms with Gasteiger partial charge in [-0.25, -0.2) is 13.8 Å². The number of carbonyl (C=O) groups is 1. The first-order valence-corrected chi connectivity index (χ1v) is 10.5. The normalized spacial score (nSPS) is 16.4. The molecular weight excluding hydrogens is 457 g/mol. The lowest BCUT2D eigenvalue weighted by Crippen LogP contribution is -2.26. The first-order valence-electron chi connectivity index (χ1n) is 10.5. The van der Waals surface area contributed by atoms with E-state index in [9.17, 15) is 32.0 Å². The molecule has 178 valence electrons. The number of nitrogens with two attached hydrogens (primary N) is 1. The van der Waals surface area contributed by atoms with Crippen LogP contribution < -0.4 is 11.1 Å². The van der Waals surface area contributed by atoms with E-state index in [1.807, 2.05) is 6.07 Å². The molecule has 2 aromatic heterocycles. The Kier molecular flexibility index (Phi) is 5.93. The van der Waals surface area contributed by atoms with E-state index < -0.39 is 42.5 Å². The number of hydrogen-bond acceptors (Lipinski definition) is 4. The minimum Gasteiger partial charge on any atom is -0.397 e. The van der Waals surface area contributed by atoms with Gasteiger partial charge in [-0.1, -0.05) is 12.1 Å². The average molecular weight is 477 g/mol. The Morgan fingerprint density at radius 2 is 1.91 bits per heavy atom. The molecule has 1 aliphatic rings. The second-order valence-corrected chi connectivity index (χ2v) is 8.38. The first-order chi connectivity index (χ1) is 16.0. The van der Waals surface area contributed by atoms with Gasteiger partial charge in [0.2, 0.25) is 5.92 Å². The summed E-state index contributed by atoms with van der Waals surface area (Å²) >= 11 is 0. The molecule has 1 saturated carbocycles. The molecule has 1 fully saturated rings. The van der Waals surface area contributed by atoms with Crippen LogP contribution in [0.3, 0.4) is 0 Å². The fourth-order valence-corrected chi connectivity index (χ4v) is 4.24. The third-order valence-electron chi connectivity index (χ3n) is 5.99. The number of aromatic nitrogens is 2. The molecule has 2 heterocycles. The first kappa shape index (κ1) is 23.5. The summed E-state index contributed by atoms with van der Waals surface area (Å²) in [5.74, 6) is -3.90. The van der Waals surface area contributed by atoms with Gasteiger partial charge in [0.15, 0.2) is 5.69 Å². The number of fused-ring (bicyclic) bond motifs is 1. The highest BCUT2D eigenvalue weighted by molar-refractivity contribution is 6.06. The highest BCUT2D eigenvalue weighted by atomic mass is 19.4. The number of para-hydroxylation sites is 2. The predicted octanol–water partition coefficient (Wildman–Crippen LogP) is 5.43. The molecule has 0 bridgehead atoms. The van der Waals surface area contributed by atoms with E-state index in [1.54, 1.807) is 24.3 Å². The zero-order valence-corrected chi connectivity index (χ0v) is 17.8. The summed E-state index contributed by atoms with van der Waals surface area (Å²) < 4.78 is 69.5. The molecule has 1 amide bonds. The SMILES string of the molecule is N#Cc1cc(C(=O)Nc2ccccc2N)cc2nc(C(F)(F)F)c(CC3CCC(F)(F)CC3)n12. The molecule has 0 spiro atoms. The van der Waals surface area contributed by atoms with Crippen molar-refractivity contribution in [1.29, 1.82) is 5.26 Å². The molecule has 1 aromatic carbocycles. The molecule has 0 saturated heterocycles. The molecular formula is C23H20F5N5O. The van der Waals surface area contributed by atoms with E-state index >= 15 is 0 Å². The van der Waals surface area contributed by atoms with Gasteiger partial charge in [-0.3, -0.25) is 9.20 Å². The summed E-state index contributed by atoms with van der Waals surface area (Å²) in [7, 11) is 0. The second kappa shape index (κ2) is 8.59. The fourth-order valence-electron chi connectivity index (χ4n) is 4.24. The summed E-state index contributed by atoms with van der Waals surface area (Å²) in [5.41, 5.74) is 4.43. The number of nitrogens with zero attached hydrogens (tertiary/aromatic N) is 3. The lowest BCUT2D eigenvalue weighted by Gasteiger charge is -2.28. The van der Waals surface area contributed by atoms with Crippen LogP contribution in [0.2, 0.25) is 0 Å². The van der Waals surface area contributed by atoms with Crippen LogP contribution in [0.25, 0.3) is 5.65 Å². The maximum absolute atomic E-state index is 13.8. The van der Waals surface area contributed by atoms with Crippen LogP contribution in [0.1, 0.15) is 53.1 Å². The van der Waals surface area contributed by atoms with Crippen molar-refractivity contribution in [2.75, 3.05) is 11.1 Å². The Balaban J connectivity index is 1.74. The number of carbonyl (C=O) groups excluding carboxylic acids is 1. The minimum absolute atomic E-state index is 0.0679. The highest BCUT2D eigenvalue weighted by Crippen LogP contribution is 2.40. The van der Waals surface area contributed by atoms with Crippen LogP contribution in [0, 0.1) is 17.2 Å². The molecule has 0 aliphatic heterocycles. The van der Waals surface area contributed by atoms with E-state index in [4.69, 9.17) is 5.73 Å². The third kappa shape index (κ3) is 4.66. The molecule has 3 aromatic rings. The molecule has 0 atom stereocenters. The standard InChI is InChI=1S/C23H20F5N5O/c24-22(25)7-5-13(6-8-22)9-18-20(23(26,27)28)32-19-11-14(10-15(12-29)33(18)19)21(34)31-17-4-2-1-3-16(17)30/h1-4,10-11,13H,5-9,30H2,(H,31,34). The number of nitriles is 1. The number of alkyl halides is 5. The number of halogens is 5. The van der Waals surface area contributed by atoms with Crippen LogP contribution in [0.4, 0.5) is 33.3 Å². The molecule has 0 unspecified atom stereocenters. The predicted molar refractivity (Wildman–Crippen MR) is 114 cm³/mol. The van der Waals surface area contributed by atoms with Gasteiger partial charge in [0.1, 0.15) is 17.4 Å². The zero-order valence-electron chi connectivity index (χ0n) is 17.8. The maximum atomic E-state index is 13.8. The molecule has 11 heteroatoms. The third-order valence-corrected chi connectivity index (χ3v) is 5.99. The lowest BCUT2D eigenvalue weighted by atomic mass is 9.83. The molecule has 34 heavy (non-hydrogen) atoms. The van der Waals surface area contributed by atoms with E-state index in [0.717, 1.165) is 10.5 Å². The number of imidazole rings is 1. The molecule has 4 rings (SSSR count). The van der Waals surface area contributed by atoms with Crippen molar-refractivity contribution >= 4 is 22.9 Å². The Bertz CT molecular complexity index is 1280. The maximum Gasteiger partial charge on any atom is 0.435 e. The Morgan fingerprint density at radius 3 is 2.53 bits per heavy atom. The van der Waals surface area contributed by atoms with Crippen LogP contribution >= 0.6 is 0 Å². The van der Waals surface area contributed by atoms with E-state index in [0.29, 0.717) is 5.69 Å². The number of anilines is 2. The molecule has 0 radical (unpaired) electrons. The van der Waals surface area contributed by atoms with Crippen molar-refractivity contribution in [3.8, 4) is 6.07 Å². The van der Waals surface area contributed by atoms with Crippen LogP contribution in [-0.4, -0.2) is 21.2 Å². The number of amides is 1. The van der Waals surface area contributed by atoms with Gasteiger partial charge in [0.05, 0.1) is 17.1 Å². The van der Waals surface area contributed by atoms with E-state index in [-0.39, 0.29) is 47.5 Å². The van der Waals surface area contributed by atoms with Crippen molar-refractivity contribution in [3.05, 3.63) is 59.0 Å². The Hall–Kier alpha value is -3.68. The smallest absolute Gasteiger partial charge is 0.397 e. The van der Waals surface area contributed by atoms with Crippen LogP contribution in [0.15, 0.2) is 36.4 Å². The zero-order chi connectivity index (χ0) is 24.7. The topological polar surface area (TPSA) is 96.2 Å². The Morgan fingerprint density at radius 1 is 1.24 bits per heavy atom. The van der Waals surface area contributed by atoms with Crippen LogP contribution in [-0.2, 0) is 12.6 Å². The number of rotatable bonds is 4. The van der Waals surface area contributed by atoms with E-state index in [2.05, 4.69) is 10.3 Å². The van der Waals surface area contributed by atoms with Crippen molar-refractivity contribution in [2.45, 2.75) is 44.2 Å². The van der Waals surface area contributed by atoms with Crippen molar-refractivity contribution in [3.63, 3.8) is 0 Å². The van der Waals surface area contributed by atoms with Gasteiger partial charge in [-0.05, 0) is 49.4 Å². The van der Waals surface area contributed by atoms with Gasteiger partial charge in [0, 0.05) is 18.4 Å². The summed E-state index contributed by atoms with van der Waals surface area (Å²) in [6, 6.07) is 10.6. The van der Waals surface area contributed by atoms with Crippen LogP contribution in [0.5, 0.6) is 0 Å². The fraction of sp³-hybridized carbons (Fsp3) is 0.348. The highest BCUT2D eigenvalue weighted by Gasteiger charge is 2.41.